The maximum atomic E-state index is 11.1. The molecule has 1 aromatic carbocycles. The second kappa shape index (κ2) is 9.92. The summed E-state index contributed by atoms with van der Waals surface area (Å²) in [5, 5.41) is 0. The number of oxazole rings is 1. The first-order chi connectivity index (χ1) is 10.1. The molecule has 2 aromatic rings. The van der Waals surface area contributed by atoms with Crippen molar-refractivity contribution in [3.05, 3.63) is 41.3 Å². The van der Waals surface area contributed by atoms with Gasteiger partial charge in [0, 0.05) is 5.56 Å². The van der Waals surface area contributed by atoms with Gasteiger partial charge in [-0.15, -0.1) is 0 Å². The van der Waals surface area contributed by atoms with Gasteiger partial charge in [-0.05, 0) is 32.9 Å². The zero-order valence-corrected chi connectivity index (χ0v) is 14.3. The van der Waals surface area contributed by atoms with E-state index < -0.39 is 0 Å². The van der Waals surface area contributed by atoms with E-state index in [4.69, 9.17) is 4.42 Å². The predicted octanol–water partition coefficient (Wildman–Crippen LogP) is 5.14. The molecule has 0 N–H and O–H groups in total. The number of carbonyl (C=O) groups excluding carboxylic acids is 1. The molecule has 0 atom stereocenters. The van der Waals surface area contributed by atoms with Gasteiger partial charge in [-0.25, -0.2) is 4.98 Å². The van der Waals surface area contributed by atoms with Crippen LogP contribution in [0.4, 0.5) is 0 Å². The average Bonchev–Trinajstić information content (AvgIpc) is 2.84. The van der Waals surface area contributed by atoms with Gasteiger partial charge < -0.3 is 4.42 Å². The van der Waals surface area contributed by atoms with Crippen LogP contribution in [0.5, 0.6) is 0 Å². The fourth-order valence-corrected chi connectivity index (χ4v) is 1.65. The molecule has 0 aliphatic carbocycles. The van der Waals surface area contributed by atoms with E-state index in [1.165, 1.54) is 5.56 Å². The van der Waals surface area contributed by atoms with Crippen LogP contribution < -0.4 is 0 Å². The lowest BCUT2D eigenvalue weighted by Crippen LogP contribution is -1.98. The number of nitrogens with zero attached hydrogens (tertiary/aromatic N) is 1. The Morgan fingerprint density at radius 2 is 1.57 bits per heavy atom. The van der Waals surface area contributed by atoms with Crippen molar-refractivity contribution in [2.45, 2.75) is 54.9 Å². The van der Waals surface area contributed by atoms with Crippen LogP contribution in [-0.4, -0.2) is 10.8 Å². The third-order valence-corrected chi connectivity index (χ3v) is 2.61. The quantitative estimate of drug-likeness (QED) is 0.785. The summed E-state index contributed by atoms with van der Waals surface area (Å²) in [6.45, 7) is 13.4. The lowest BCUT2D eigenvalue weighted by molar-refractivity contribution is -0.116. The molecule has 1 aromatic heterocycles. The van der Waals surface area contributed by atoms with Crippen molar-refractivity contribution in [1.29, 1.82) is 0 Å². The highest BCUT2D eigenvalue weighted by molar-refractivity contribution is 5.78. The zero-order chi connectivity index (χ0) is 16.4. The van der Waals surface area contributed by atoms with Gasteiger partial charge in [0.2, 0.25) is 5.89 Å². The number of ketones is 1. The van der Waals surface area contributed by atoms with Gasteiger partial charge in [0.25, 0.3) is 0 Å². The van der Waals surface area contributed by atoms with Gasteiger partial charge in [-0.1, -0.05) is 45.4 Å². The molecular formula is C18H27NO2. The highest BCUT2D eigenvalue weighted by atomic mass is 16.4. The molecule has 2 rings (SSSR count). The molecule has 0 saturated heterocycles. The highest BCUT2D eigenvalue weighted by Gasteiger charge is 2.12. The lowest BCUT2D eigenvalue weighted by Gasteiger charge is -1.95. The van der Waals surface area contributed by atoms with E-state index in [0.29, 0.717) is 12.3 Å². The monoisotopic (exact) mass is 289 g/mol. The molecule has 21 heavy (non-hydrogen) atoms. The SMILES string of the molecule is CC.CC.CC(=O)Cc1nc(-c2ccc(C)cc2)oc1C. The summed E-state index contributed by atoms with van der Waals surface area (Å²) in [5.41, 5.74) is 2.86. The van der Waals surface area contributed by atoms with Crippen LogP contribution in [0.3, 0.4) is 0 Å². The molecular weight excluding hydrogens is 262 g/mol. The number of aryl methyl sites for hydroxylation is 2. The number of carbonyl (C=O) groups is 1. The topological polar surface area (TPSA) is 43.1 Å². The van der Waals surface area contributed by atoms with Crippen molar-refractivity contribution >= 4 is 5.78 Å². The molecule has 0 spiro atoms. The first-order valence-corrected chi connectivity index (χ1v) is 7.59. The first kappa shape index (κ1) is 19.1. The summed E-state index contributed by atoms with van der Waals surface area (Å²) in [6, 6.07) is 7.97. The fraction of sp³-hybridized carbons (Fsp3) is 0.444. The third-order valence-electron chi connectivity index (χ3n) is 2.61. The zero-order valence-electron chi connectivity index (χ0n) is 14.3. The van der Waals surface area contributed by atoms with Gasteiger partial charge >= 0.3 is 0 Å². The number of Topliss-reactive ketones (excluding diaryl/α,β-unsaturated/α-hetero) is 1. The van der Waals surface area contributed by atoms with E-state index in [9.17, 15) is 4.79 Å². The van der Waals surface area contributed by atoms with Crippen molar-refractivity contribution in [3.8, 4) is 11.5 Å². The molecule has 116 valence electrons. The van der Waals surface area contributed by atoms with Crippen LogP contribution in [0.15, 0.2) is 28.7 Å². The van der Waals surface area contributed by atoms with E-state index in [-0.39, 0.29) is 5.78 Å². The lowest BCUT2D eigenvalue weighted by atomic mass is 10.1. The number of rotatable bonds is 3. The van der Waals surface area contributed by atoms with E-state index >= 15 is 0 Å². The highest BCUT2D eigenvalue weighted by Crippen LogP contribution is 2.22. The predicted molar refractivity (Wildman–Crippen MR) is 88.5 cm³/mol. The molecule has 0 fully saturated rings. The molecule has 0 amide bonds. The van der Waals surface area contributed by atoms with Crippen LogP contribution in [0.25, 0.3) is 11.5 Å². The van der Waals surface area contributed by atoms with Crippen LogP contribution in [0.1, 0.15) is 51.6 Å². The minimum atomic E-state index is 0.0943. The Morgan fingerprint density at radius 3 is 2.05 bits per heavy atom. The molecule has 0 unspecified atom stereocenters. The molecule has 1 heterocycles. The van der Waals surface area contributed by atoms with E-state index in [1.807, 2.05) is 65.8 Å². The molecule has 0 aliphatic heterocycles. The fourth-order valence-electron chi connectivity index (χ4n) is 1.65. The van der Waals surface area contributed by atoms with Crippen molar-refractivity contribution in [2.75, 3.05) is 0 Å². The normalized spacial score (nSPS) is 9.10. The Kier molecular flexibility index (Phi) is 9.02. The van der Waals surface area contributed by atoms with Crippen LogP contribution >= 0.6 is 0 Å². The van der Waals surface area contributed by atoms with E-state index in [1.54, 1.807) is 6.92 Å². The van der Waals surface area contributed by atoms with E-state index in [2.05, 4.69) is 4.98 Å². The second-order valence-corrected chi connectivity index (χ2v) is 4.27. The number of hydrogen-bond acceptors (Lipinski definition) is 3. The number of hydrogen-bond donors (Lipinski definition) is 0. The molecule has 0 saturated carbocycles. The summed E-state index contributed by atoms with van der Waals surface area (Å²) >= 11 is 0. The van der Waals surface area contributed by atoms with Gasteiger partial charge in [-0.3, -0.25) is 4.79 Å². The van der Waals surface area contributed by atoms with Crippen molar-refractivity contribution in [3.63, 3.8) is 0 Å². The molecule has 0 radical (unpaired) electrons. The van der Waals surface area contributed by atoms with E-state index in [0.717, 1.165) is 17.0 Å². The summed E-state index contributed by atoms with van der Waals surface area (Å²) in [7, 11) is 0. The second-order valence-electron chi connectivity index (χ2n) is 4.27. The largest absolute Gasteiger partial charge is 0.441 e. The van der Waals surface area contributed by atoms with Crippen molar-refractivity contribution in [1.82, 2.24) is 4.98 Å². The summed E-state index contributed by atoms with van der Waals surface area (Å²) in [6.07, 6.45) is 0.335. The summed E-state index contributed by atoms with van der Waals surface area (Å²) < 4.78 is 5.58. The molecule has 0 aliphatic rings. The summed E-state index contributed by atoms with van der Waals surface area (Å²) in [5.74, 6) is 1.39. The van der Waals surface area contributed by atoms with Crippen molar-refractivity contribution in [2.24, 2.45) is 0 Å². The summed E-state index contributed by atoms with van der Waals surface area (Å²) in [4.78, 5) is 15.4. The smallest absolute Gasteiger partial charge is 0.226 e. The Hall–Kier alpha value is -1.90. The van der Waals surface area contributed by atoms with Crippen LogP contribution in [-0.2, 0) is 11.2 Å². The van der Waals surface area contributed by atoms with Crippen LogP contribution in [0.2, 0.25) is 0 Å². The number of benzene rings is 1. The first-order valence-electron chi connectivity index (χ1n) is 7.59. The maximum absolute atomic E-state index is 11.1. The van der Waals surface area contributed by atoms with Crippen molar-refractivity contribution < 1.29 is 9.21 Å². The number of aromatic nitrogens is 1. The minimum absolute atomic E-state index is 0.0943. The Morgan fingerprint density at radius 1 is 1.05 bits per heavy atom. The van der Waals surface area contributed by atoms with Gasteiger partial charge in [-0.2, -0.15) is 0 Å². The molecule has 0 bridgehead atoms. The third kappa shape index (κ3) is 5.94. The Balaban J connectivity index is 0.000000921. The maximum Gasteiger partial charge on any atom is 0.226 e. The molecule has 3 nitrogen and oxygen atoms in total. The van der Waals surface area contributed by atoms with Gasteiger partial charge in [0.15, 0.2) is 0 Å². The standard InChI is InChI=1S/C14H15NO2.2C2H6/c1-9-4-6-12(7-5-9)14-15-13(8-10(2)16)11(3)17-14;2*1-2/h4-7H,8H2,1-3H3;2*1-2H3. The van der Waals surface area contributed by atoms with Gasteiger partial charge in [0.1, 0.15) is 11.5 Å². The molecule has 3 heteroatoms. The van der Waals surface area contributed by atoms with Crippen LogP contribution in [0, 0.1) is 13.8 Å². The van der Waals surface area contributed by atoms with Gasteiger partial charge in [0.05, 0.1) is 12.1 Å². The Labute approximate surface area is 128 Å². The average molecular weight is 289 g/mol. The Bertz CT molecular complexity index is 539. The minimum Gasteiger partial charge on any atom is -0.441 e.